The normalized spacial score (nSPS) is 22.9. The fourth-order valence-corrected chi connectivity index (χ4v) is 3.91. The molecule has 0 spiro atoms. The van der Waals surface area contributed by atoms with Gasteiger partial charge in [-0.2, -0.15) is 0 Å². The maximum absolute atomic E-state index is 12.2. The molecular weight excluding hydrogens is 290 g/mol. The molecule has 7 heteroatoms. The number of para-hydroxylation sites is 2. The predicted octanol–water partition coefficient (Wildman–Crippen LogP) is 1.13. The number of ether oxygens (including phenoxy) is 1. The number of sulfonamides is 1. The molecule has 2 aromatic rings. The summed E-state index contributed by atoms with van der Waals surface area (Å²) in [6.45, 7) is 2.89. The van der Waals surface area contributed by atoms with Gasteiger partial charge in [-0.1, -0.05) is 12.1 Å². The largest absolute Gasteiger partial charge is 0.377 e. The van der Waals surface area contributed by atoms with Crippen LogP contribution in [0.25, 0.3) is 11.0 Å². The minimum Gasteiger partial charge on any atom is -0.377 e. The van der Waals surface area contributed by atoms with Crippen molar-refractivity contribution in [1.82, 2.24) is 14.3 Å². The van der Waals surface area contributed by atoms with Crippen molar-refractivity contribution in [3.8, 4) is 0 Å². The van der Waals surface area contributed by atoms with Gasteiger partial charge in [-0.25, -0.2) is 18.1 Å². The Hall–Kier alpha value is -1.44. The lowest BCUT2D eigenvalue weighted by atomic mass is 10.2. The van der Waals surface area contributed by atoms with Gasteiger partial charge >= 0.3 is 0 Å². The number of fused-ring (bicyclic) bond motifs is 1. The van der Waals surface area contributed by atoms with Gasteiger partial charge in [0, 0.05) is 19.2 Å². The Morgan fingerprint density at radius 1 is 1.43 bits per heavy atom. The molecule has 1 aliphatic heterocycles. The summed E-state index contributed by atoms with van der Waals surface area (Å²) < 4.78 is 34.3. The Balaban J connectivity index is 1.66. The van der Waals surface area contributed by atoms with Crippen molar-refractivity contribution in [1.29, 1.82) is 0 Å². The van der Waals surface area contributed by atoms with Crippen LogP contribution in [0.5, 0.6) is 0 Å². The first-order valence-corrected chi connectivity index (χ1v) is 8.72. The van der Waals surface area contributed by atoms with Gasteiger partial charge in [-0.15, -0.1) is 0 Å². The van der Waals surface area contributed by atoms with Crippen LogP contribution in [0, 0.1) is 0 Å². The number of aryl methyl sites for hydroxylation is 1. The molecule has 0 saturated carbocycles. The molecule has 21 heavy (non-hydrogen) atoms. The van der Waals surface area contributed by atoms with Gasteiger partial charge in [0.1, 0.15) is 0 Å². The van der Waals surface area contributed by atoms with E-state index in [-0.39, 0.29) is 17.9 Å². The second kappa shape index (κ2) is 5.75. The standard InChI is InChI=1S/C14H19N3O3S/c1-11-12(6-8-20-11)16-21(18,19)9-7-17-10-15-13-4-2-3-5-14(13)17/h2-5,10-12,16H,6-9H2,1H3. The van der Waals surface area contributed by atoms with Crippen LogP contribution in [0.4, 0.5) is 0 Å². The molecule has 2 unspecified atom stereocenters. The zero-order valence-electron chi connectivity index (χ0n) is 11.9. The van der Waals surface area contributed by atoms with E-state index in [0.29, 0.717) is 13.2 Å². The van der Waals surface area contributed by atoms with Gasteiger partial charge < -0.3 is 9.30 Å². The predicted molar refractivity (Wildman–Crippen MR) is 80.5 cm³/mol. The van der Waals surface area contributed by atoms with Crippen LogP contribution in [0.3, 0.4) is 0 Å². The lowest BCUT2D eigenvalue weighted by molar-refractivity contribution is 0.117. The van der Waals surface area contributed by atoms with Crippen molar-refractivity contribution in [3.63, 3.8) is 0 Å². The number of rotatable bonds is 5. The molecule has 2 heterocycles. The Kier molecular flexibility index (Phi) is 3.97. The van der Waals surface area contributed by atoms with Gasteiger partial charge in [0.25, 0.3) is 0 Å². The van der Waals surface area contributed by atoms with Crippen LogP contribution < -0.4 is 4.72 Å². The smallest absolute Gasteiger partial charge is 0.213 e. The van der Waals surface area contributed by atoms with E-state index in [2.05, 4.69) is 9.71 Å². The SMILES string of the molecule is CC1OCCC1NS(=O)(=O)CCn1cnc2ccccc21. The highest BCUT2D eigenvalue weighted by atomic mass is 32.2. The summed E-state index contributed by atoms with van der Waals surface area (Å²) in [5.74, 6) is 0.0383. The molecule has 1 aromatic heterocycles. The zero-order chi connectivity index (χ0) is 14.9. The Morgan fingerprint density at radius 3 is 3.00 bits per heavy atom. The lowest BCUT2D eigenvalue weighted by Crippen LogP contribution is -2.40. The molecule has 1 saturated heterocycles. The first-order valence-electron chi connectivity index (χ1n) is 7.07. The van der Waals surface area contributed by atoms with Crippen molar-refractivity contribution >= 4 is 21.1 Å². The molecule has 2 atom stereocenters. The van der Waals surface area contributed by atoms with Crippen LogP contribution in [0.2, 0.25) is 0 Å². The third kappa shape index (κ3) is 3.25. The van der Waals surface area contributed by atoms with Crippen molar-refractivity contribution < 1.29 is 13.2 Å². The maximum atomic E-state index is 12.2. The molecule has 0 radical (unpaired) electrons. The molecular formula is C14H19N3O3S. The number of nitrogens with zero attached hydrogens (tertiary/aromatic N) is 2. The van der Waals surface area contributed by atoms with Crippen LogP contribution in [-0.4, -0.2) is 42.5 Å². The zero-order valence-corrected chi connectivity index (χ0v) is 12.7. The first kappa shape index (κ1) is 14.5. The van der Waals surface area contributed by atoms with Gasteiger partial charge in [0.2, 0.25) is 10.0 Å². The van der Waals surface area contributed by atoms with Crippen molar-refractivity contribution in [2.45, 2.75) is 32.0 Å². The summed E-state index contributed by atoms with van der Waals surface area (Å²) in [4.78, 5) is 4.26. The molecule has 6 nitrogen and oxygen atoms in total. The fourth-order valence-electron chi connectivity index (χ4n) is 2.58. The number of hydrogen-bond acceptors (Lipinski definition) is 4. The van der Waals surface area contributed by atoms with Gasteiger partial charge in [-0.3, -0.25) is 0 Å². The van der Waals surface area contributed by atoms with Crippen molar-refractivity contribution in [2.24, 2.45) is 0 Å². The third-order valence-electron chi connectivity index (χ3n) is 3.84. The van der Waals surface area contributed by atoms with Crippen LogP contribution in [0.1, 0.15) is 13.3 Å². The Labute approximate surface area is 124 Å². The highest BCUT2D eigenvalue weighted by Gasteiger charge is 2.28. The quantitative estimate of drug-likeness (QED) is 0.898. The lowest BCUT2D eigenvalue weighted by Gasteiger charge is -2.16. The van der Waals surface area contributed by atoms with E-state index in [0.717, 1.165) is 17.5 Å². The highest BCUT2D eigenvalue weighted by Crippen LogP contribution is 2.15. The third-order valence-corrected chi connectivity index (χ3v) is 5.22. The number of nitrogens with one attached hydrogen (secondary N) is 1. The van der Waals surface area contributed by atoms with E-state index < -0.39 is 10.0 Å². The van der Waals surface area contributed by atoms with E-state index in [1.54, 1.807) is 6.33 Å². The summed E-state index contributed by atoms with van der Waals surface area (Å²) in [7, 11) is -3.32. The molecule has 0 amide bonds. The number of imidazole rings is 1. The molecule has 1 N–H and O–H groups in total. The number of aromatic nitrogens is 2. The van der Waals surface area contributed by atoms with E-state index >= 15 is 0 Å². The van der Waals surface area contributed by atoms with Crippen LogP contribution in [0.15, 0.2) is 30.6 Å². The summed E-state index contributed by atoms with van der Waals surface area (Å²) in [5.41, 5.74) is 1.82. The number of benzene rings is 1. The second-order valence-electron chi connectivity index (χ2n) is 5.33. The average molecular weight is 309 g/mol. The van der Waals surface area contributed by atoms with E-state index in [1.165, 1.54) is 0 Å². The van der Waals surface area contributed by atoms with Crippen molar-refractivity contribution in [3.05, 3.63) is 30.6 Å². The molecule has 0 aliphatic carbocycles. The Bertz CT molecular complexity index is 726. The average Bonchev–Trinajstić information content (AvgIpc) is 3.04. The van der Waals surface area contributed by atoms with Crippen molar-refractivity contribution in [2.75, 3.05) is 12.4 Å². The highest BCUT2D eigenvalue weighted by molar-refractivity contribution is 7.89. The molecule has 3 rings (SSSR count). The minimum absolute atomic E-state index is 0.0383. The maximum Gasteiger partial charge on any atom is 0.213 e. The van der Waals surface area contributed by atoms with Crippen LogP contribution in [-0.2, 0) is 21.3 Å². The van der Waals surface area contributed by atoms with Gasteiger partial charge in [0.05, 0.1) is 29.2 Å². The summed E-state index contributed by atoms with van der Waals surface area (Å²) in [6, 6.07) is 7.57. The summed E-state index contributed by atoms with van der Waals surface area (Å²) in [6.07, 6.45) is 2.35. The topological polar surface area (TPSA) is 73.2 Å². The first-order chi connectivity index (χ1) is 10.1. The molecule has 1 aromatic carbocycles. The monoisotopic (exact) mass is 309 g/mol. The van der Waals surface area contributed by atoms with Crippen LogP contribution >= 0.6 is 0 Å². The molecule has 1 aliphatic rings. The van der Waals surface area contributed by atoms with Gasteiger partial charge in [-0.05, 0) is 25.5 Å². The van der Waals surface area contributed by atoms with E-state index in [9.17, 15) is 8.42 Å². The Morgan fingerprint density at radius 2 is 2.24 bits per heavy atom. The van der Waals surface area contributed by atoms with E-state index in [1.807, 2.05) is 35.8 Å². The summed E-state index contributed by atoms with van der Waals surface area (Å²) >= 11 is 0. The second-order valence-corrected chi connectivity index (χ2v) is 7.21. The molecule has 1 fully saturated rings. The molecule has 114 valence electrons. The van der Waals surface area contributed by atoms with E-state index in [4.69, 9.17) is 4.74 Å². The minimum atomic E-state index is -3.32. The fraction of sp³-hybridized carbons (Fsp3) is 0.500. The van der Waals surface area contributed by atoms with Gasteiger partial charge in [0.15, 0.2) is 0 Å². The summed E-state index contributed by atoms with van der Waals surface area (Å²) in [5, 5.41) is 0. The molecule has 0 bridgehead atoms. The number of hydrogen-bond donors (Lipinski definition) is 1.